The van der Waals surface area contributed by atoms with Crippen LogP contribution in [-0.4, -0.2) is 12.6 Å². The van der Waals surface area contributed by atoms with E-state index in [0.29, 0.717) is 5.92 Å². The van der Waals surface area contributed by atoms with Crippen molar-refractivity contribution in [2.45, 2.75) is 25.3 Å². The van der Waals surface area contributed by atoms with Gasteiger partial charge in [-0.1, -0.05) is 18.2 Å². The molecule has 0 saturated heterocycles. The molecule has 0 bridgehead atoms. The lowest BCUT2D eigenvalue weighted by molar-refractivity contribution is 0.393. The van der Waals surface area contributed by atoms with E-state index in [9.17, 15) is 0 Å². The molecule has 0 aromatic rings. The normalized spacial score (nSPS) is 23.5. The summed E-state index contributed by atoms with van der Waals surface area (Å²) in [6.45, 7) is 4.35. The zero-order chi connectivity index (χ0) is 9.52. The standard InChI is InChI=1S/C11H16N2/c1-2-8-13-11(9-12)10-6-4-3-5-7-10/h2-4,10-11,13H,1,5-8H2. The largest absolute Gasteiger partial charge is 0.298 e. The Morgan fingerprint density at radius 3 is 3.08 bits per heavy atom. The first kappa shape index (κ1) is 10.0. The minimum absolute atomic E-state index is 0.0112. The Balaban J connectivity index is 2.41. The third-order valence-corrected chi connectivity index (χ3v) is 2.40. The Hall–Kier alpha value is -1.07. The van der Waals surface area contributed by atoms with Gasteiger partial charge in [-0.3, -0.25) is 5.32 Å². The van der Waals surface area contributed by atoms with E-state index in [1.807, 2.05) is 0 Å². The van der Waals surface area contributed by atoms with Crippen molar-refractivity contribution in [3.63, 3.8) is 0 Å². The molecule has 0 heterocycles. The van der Waals surface area contributed by atoms with E-state index in [2.05, 4.69) is 30.1 Å². The smallest absolute Gasteiger partial charge is 0.0986 e. The van der Waals surface area contributed by atoms with Crippen molar-refractivity contribution in [2.75, 3.05) is 6.54 Å². The zero-order valence-electron chi connectivity index (χ0n) is 7.87. The van der Waals surface area contributed by atoms with Gasteiger partial charge in [-0.05, 0) is 25.2 Å². The molecule has 0 amide bonds. The summed E-state index contributed by atoms with van der Waals surface area (Å²) in [5.41, 5.74) is 0. The number of nitrogens with zero attached hydrogens (tertiary/aromatic N) is 1. The van der Waals surface area contributed by atoms with E-state index >= 15 is 0 Å². The number of hydrogen-bond donors (Lipinski definition) is 1. The fourth-order valence-electron chi connectivity index (χ4n) is 1.65. The van der Waals surface area contributed by atoms with Crippen molar-refractivity contribution < 1.29 is 0 Å². The average Bonchev–Trinajstić information content (AvgIpc) is 2.21. The summed E-state index contributed by atoms with van der Waals surface area (Å²) in [6, 6.07) is 2.30. The molecule has 2 unspecified atom stereocenters. The number of hydrogen-bond acceptors (Lipinski definition) is 2. The van der Waals surface area contributed by atoms with Crippen LogP contribution in [0.2, 0.25) is 0 Å². The molecule has 2 heteroatoms. The van der Waals surface area contributed by atoms with E-state index in [0.717, 1.165) is 25.8 Å². The van der Waals surface area contributed by atoms with E-state index in [-0.39, 0.29) is 6.04 Å². The molecule has 70 valence electrons. The zero-order valence-corrected chi connectivity index (χ0v) is 7.87. The number of rotatable bonds is 4. The molecular weight excluding hydrogens is 160 g/mol. The second kappa shape index (κ2) is 5.55. The molecule has 0 spiro atoms. The SMILES string of the molecule is C=CCNC(C#N)C1CC=CCC1. The van der Waals surface area contributed by atoms with Gasteiger partial charge in [0.15, 0.2) is 0 Å². The molecule has 0 radical (unpaired) electrons. The lowest BCUT2D eigenvalue weighted by atomic mass is 9.88. The minimum Gasteiger partial charge on any atom is -0.298 e. The van der Waals surface area contributed by atoms with Crippen LogP contribution in [0.5, 0.6) is 0 Å². The van der Waals surface area contributed by atoms with Crippen LogP contribution >= 0.6 is 0 Å². The maximum absolute atomic E-state index is 8.93. The van der Waals surface area contributed by atoms with Crippen molar-refractivity contribution in [1.82, 2.24) is 5.32 Å². The highest BCUT2D eigenvalue weighted by Gasteiger charge is 2.20. The van der Waals surface area contributed by atoms with Crippen LogP contribution in [0, 0.1) is 17.2 Å². The highest BCUT2D eigenvalue weighted by molar-refractivity contribution is 5.02. The summed E-state index contributed by atoms with van der Waals surface area (Å²) in [4.78, 5) is 0. The fourth-order valence-corrected chi connectivity index (χ4v) is 1.65. The van der Waals surface area contributed by atoms with Crippen molar-refractivity contribution in [1.29, 1.82) is 5.26 Å². The molecule has 0 saturated carbocycles. The molecule has 1 N–H and O–H groups in total. The summed E-state index contributed by atoms with van der Waals surface area (Å²) in [5.74, 6) is 0.481. The van der Waals surface area contributed by atoms with Gasteiger partial charge in [-0.2, -0.15) is 5.26 Å². The molecular formula is C11H16N2. The minimum atomic E-state index is -0.0112. The second-order valence-electron chi connectivity index (χ2n) is 3.35. The van der Waals surface area contributed by atoms with Crippen LogP contribution in [0.1, 0.15) is 19.3 Å². The summed E-state index contributed by atoms with van der Waals surface area (Å²) in [7, 11) is 0. The van der Waals surface area contributed by atoms with E-state index in [1.54, 1.807) is 6.08 Å². The number of nitrogens with one attached hydrogen (secondary N) is 1. The van der Waals surface area contributed by atoms with Gasteiger partial charge in [0.05, 0.1) is 12.1 Å². The van der Waals surface area contributed by atoms with Crippen molar-refractivity contribution in [2.24, 2.45) is 5.92 Å². The first-order chi connectivity index (χ1) is 6.38. The molecule has 2 nitrogen and oxygen atoms in total. The molecule has 2 atom stereocenters. The Bertz CT molecular complexity index is 225. The predicted molar refractivity (Wildman–Crippen MR) is 54.1 cm³/mol. The van der Waals surface area contributed by atoms with Gasteiger partial charge >= 0.3 is 0 Å². The first-order valence-electron chi connectivity index (χ1n) is 4.77. The van der Waals surface area contributed by atoms with Crippen LogP contribution in [0.15, 0.2) is 24.8 Å². The second-order valence-corrected chi connectivity index (χ2v) is 3.35. The van der Waals surface area contributed by atoms with Gasteiger partial charge in [0.25, 0.3) is 0 Å². The Morgan fingerprint density at radius 1 is 1.69 bits per heavy atom. The molecule has 1 aliphatic carbocycles. The quantitative estimate of drug-likeness (QED) is 0.665. The van der Waals surface area contributed by atoms with Gasteiger partial charge in [0.2, 0.25) is 0 Å². The van der Waals surface area contributed by atoms with Crippen LogP contribution in [0.4, 0.5) is 0 Å². The monoisotopic (exact) mass is 176 g/mol. The summed E-state index contributed by atoms with van der Waals surface area (Å²) in [6.07, 6.45) is 9.43. The van der Waals surface area contributed by atoms with Crippen LogP contribution in [0.25, 0.3) is 0 Å². The maximum Gasteiger partial charge on any atom is 0.0986 e. The molecule has 1 rings (SSSR count). The number of allylic oxidation sites excluding steroid dienone is 2. The van der Waals surface area contributed by atoms with Crippen LogP contribution in [0.3, 0.4) is 0 Å². The van der Waals surface area contributed by atoms with Crippen LogP contribution < -0.4 is 5.32 Å². The average molecular weight is 176 g/mol. The molecule has 0 fully saturated rings. The van der Waals surface area contributed by atoms with E-state index in [4.69, 9.17) is 5.26 Å². The highest BCUT2D eigenvalue weighted by atomic mass is 14.9. The predicted octanol–water partition coefficient (Wildman–Crippen LogP) is 2.01. The van der Waals surface area contributed by atoms with Gasteiger partial charge in [0.1, 0.15) is 0 Å². The molecule has 0 aromatic heterocycles. The lowest BCUT2D eigenvalue weighted by Gasteiger charge is -2.23. The van der Waals surface area contributed by atoms with E-state index < -0.39 is 0 Å². The van der Waals surface area contributed by atoms with Gasteiger partial charge in [-0.25, -0.2) is 0 Å². The maximum atomic E-state index is 8.93. The Labute approximate surface area is 79.9 Å². The molecule has 0 aliphatic heterocycles. The van der Waals surface area contributed by atoms with Crippen molar-refractivity contribution >= 4 is 0 Å². The van der Waals surface area contributed by atoms with Gasteiger partial charge < -0.3 is 0 Å². The molecule has 13 heavy (non-hydrogen) atoms. The molecule has 0 aromatic carbocycles. The van der Waals surface area contributed by atoms with Gasteiger partial charge in [-0.15, -0.1) is 6.58 Å². The third-order valence-electron chi connectivity index (χ3n) is 2.40. The van der Waals surface area contributed by atoms with Crippen LogP contribution in [-0.2, 0) is 0 Å². The third kappa shape index (κ3) is 3.04. The Kier molecular flexibility index (Phi) is 4.28. The Morgan fingerprint density at radius 2 is 2.54 bits per heavy atom. The van der Waals surface area contributed by atoms with Crippen molar-refractivity contribution in [3.05, 3.63) is 24.8 Å². The summed E-state index contributed by atoms with van der Waals surface area (Å²) < 4.78 is 0. The molecule has 1 aliphatic rings. The summed E-state index contributed by atoms with van der Waals surface area (Å²) >= 11 is 0. The highest BCUT2D eigenvalue weighted by Crippen LogP contribution is 2.21. The lowest BCUT2D eigenvalue weighted by Crippen LogP contribution is -2.35. The number of nitriles is 1. The topological polar surface area (TPSA) is 35.8 Å². The first-order valence-corrected chi connectivity index (χ1v) is 4.77. The van der Waals surface area contributed by atoms with Crippen molar-refractivity contribution in [3.8, 4) is 6.07 Å². The summed E-state index contributed by atoms with van der Waals surface area (Å²) in [5, 5.41) is 12.1. The fraction of sp³-hybridized carbons (Fsp3) is 0.545. The van der Waals surface area contributed by atoms with E-state index in [1.165, 1.54) is 0 Å². The van der Waals surface area contributed by atoms with Gasteiger partial charge in [0, 0.05) is 6.54 Å².